The Morgan fingerprint density at radius 3 is 2.48 bits per heavy atom. The maximum absolute atomic E-state index is 12.7. The summed E-state index contributed by atoms with van der Waals surface area (Å²) in [6, 6.07) is 19.8. The molecule has 1 amide bonds. The fourth-order valence-electron chi connectivity index (χ4n) is 2.78. The van der Waals surface area contributed by atoms with E-state index < -0.39 is 0 Å². The number of anilines is 1. The van der Waals surface area contributed by atoms with Gasteiger partial charge in [-0.2, -0.15) is 0 Å². The van der Waals surface area contributed by atoms with E-state index >= 15 is 0 Å². The van der Waals surface area contributed by atoms with Crippen LogP contribution in [0.5, 0.6) is 0 Å². The number of aryl methyl sites for hydroxylation is 1. The SMILES string of the molecule is Cc1nnc(SC(C)C(=O)Nc2nc(-c3ccccc3)cs2)n1-c1ccccc1. The molecule has 0 spiro atoms. The van der Waals surface area contributed by atoms with Gasteiger partial charge in [0.2, 0.25) is 5.91 Å². The summed E-state index contributed by atoms with van der Waals surface area (Å²) in [6.45, 7) is 3.75. The van der Waals surface area contributed by atoms with E-state index in [0.29, 0.717) is 10.3 Å². The molecule has 0 saturated heterocycles. The smallest absolute Gasteiger partial charge is 0.239 e. The molecule has 1 N–H and O–H groups in total. The van der Waals surface area contributed by atoms with E-state index in [2.05, 4.69) is 20.5 Å². The Hall–Kier alpha value is -2.97. The molecule has 0 bridgehead atoms. The van der Waals surface area contributed by atoms with Crippen LogP contribution in [0.1, 0.15) is 12.7 Å². The third-order valence-electron chi connectivity index (χ3n) is 4.26. The van der Waals surface area contributed by atoms with E-state index in [1.165, 1.54) is 23.1 Å². The standard InChI is InChI=1S/C21H19N5OS2/c1-14(29-21-25-24-15(2)26(21)17-11-7-4-8-12-17)19(27)23-20-22-18(13-28-20)16-9-5-3-6-10-16/h3-14H,1-2H3,(H,22,23,27). The van der Waals surface area contributed by atoms with E-state index in [-0.39, 0.29) is 11.2 Å². The lowest BCUT2D eigenvalue weighted by Gasteiger charge is -2.12. The van der Waals surface area contributed by atoms with Crippen molar-refractivity contribution in [2.24, 2.45) is 0 Å². The van der Waals surface area contributed by atoms with Gasteiger partial charge in [0.1, 0.15) is 5.82 Å². The highest BCUT2D eigenvalue weighted by Gasteiger charge is 2.21. The van der Waals surface area contributed by atoms with Crippen molar-refractivity contribution in [3.05, 3.63) is 71.9 Å². The molecule has 0 aliphatic carbocycles. The highest BCUT2D eigenvalue weighted by atomic mass is 32.2. The molecule has 0 aliphatic heterocycles. The van der Waals surface area contributed by atoms with Crippen LogP contribution >= 0.6 is 23.1 Å². The van der Waals surface area contributed by atoms with Crippen molar-refractivity contribution < 1.29 is 4.79 Å². The van der Waals surface area contributed by atoms with Crippen LogP contribution in [0.2, 0.25) is 0 Å². The number of para-hydroxylation sites is 1. The zero-order valence-corrected chi connectivity index (χ0v) is 17.6. The van der Waals surface area contributed by atoms with Gasteiger partial charge in [0.15, 0.2) is 10.3 Å². The molecule has 2 aromatic carbocycles. The van der Waals surface area contributed by atoms with Crippen LogP contribution in [-0.4, -0.2) is 30.9 Å². The Balaban J connectivity index is 1.46. The summed E-state index contributed by atoms with van der Waals surface area (Å²) in [7, 11) is 0. The molecule has 6 nitrogen and oxygen atoms in total. The number of nitrogens with one attached hydrogen (secondary N) is 1. The lowest BCUT2D eigenvalue weighted by Crippen LogP contribution is -2.22. The fraction of sp³-hybridized carbons (Fsp3) is 0.143. The highest BCUT2D eigenvalue weighted by molar-refractivity contribution is 8.00. The number of amides is 1. The second-order valence-corrected chi connectivity index (χ2v) is 8.52. The summed E-state index contributed by atoms with van der Waals surface area (Å²) in [5, 5.41) is 14.2. The van der Waals surface area contributed by atoms with Crippen molar-refractivity contribution in [3.63, 3.8) is 0 Å². The highest BCUT2D eigenvalue weighted by Crippen LogP contribution is 2.28. The molecule has 4 aromatic rings. The third kappa shape index (κ3) is 4.38. The molecule has 146 valence electrons. The minimum Gasteiger partial charge on any atom is -0.301 e. The van der Waals surface area contributed by atoms with Gasteiger partial charge in [-0.15, -0.1) is 21.5 Å². The average Bonchev–Trinajstić information content (AvgIpc) is 3.36. The van der Waals surface area contributed by atoms with Gasteiger partial charge in [-0.1, -0.05) is 60.3 Å². The summed E-state index contributed by atoms with van der Waals surface area (Å²) in [5.41, 5.74) is 2.85. The number of thiazole rings is 1. The number of nitrogens with zero attached hydrogens (tertiary/aromatic N) is 4. The van der Waals surface area contributed by atoms with Crippen LogP contribution in [0.15, 0.2) is 71.2 Å². The normalized spacial score (nSPS) is 11.9. The summed E-state index contributed by atoms with van der Waals surface area (Å²) in [4.78, 5) is 17.2. The van der Waals surface area contributed by atoms with Crippen LogP contribution < -0.4 is 5.32 Å². The second-order valence-electron chi connectivity index (χ2n) is 6.35. The Kier molecular flexibility index (Phi) is 5.73. The van der Waals surface area contributed by atoms with E-state index in [1.54, 1.807) is 0 Å². The predicted octanol–water partition coefficient (Wildman–Crippen LogP) is 4.82. The molecule has 1 unspecified atom stereocenters. The van der Waals surface area contributed by atoms with Gasteiger partial charge < -0.3 is 5.32 Å². The molecule has 1 atom stereocenters. The number of rotatable bonds is 6. The fourth-order valence-corrected chi connectivity index (χ4v) is 4.42. The van der Waals surface area contributed by atoms with Crippen LogP contribution in [0.4, 0.5) is 5.13 Å². The molecule has 2 heterocycles. The average molecular weight is 422 g/mol. The van der Waals surface area contributed by atoms with Crippen molar-refractivity contribution in [1.82, 2.24) is 19.7 Å². The summed E-state index contributed by atoms with van der Waals surface area (Å²) in [5.74, 6) is 0.656. The Morgan fingerprint density at radius 1 is 1.07 bits per heavy atom. The van der Waals surface area contributed by atoms with Crippen LogP contribution in [0.25, 0.3) is 16.9 Å². The zero-order chi connectivity index (χ0) is 20.2. The number of hydrogen-bond donors (Lipinski definition) is 1. The molecule has 8 heteroatoms. The van der Waals surface area contributed by atoms with Crippen molar-refractivity contribution >= 4 is 34.1 Å². The van der Waals surface area contributed by atoms with Gasteiger partial charge in [-0.25, -0.2) is 4.98 Å². The molecule has 0 saturated carbocycles. The van der Waals surface area contributed by atoms with E-state index in [0.717, 1.165) is 22.8 Å². The lowest BCUT2D eigenvalue weighted by molar-refractivity contribution is -0.115. The first kappa shape index (κ1) is 19.4. The Morgan fingerprint density at radius 2 is 1.76 bits per heavy atom. The molecule has 4 rings (SSSR count). The first-order valence-electron chi connectivity index (χ1n) is 9.08. The Labute approximate surface area is 177 Å². The largest absolute Gasteiger partial charge is 0.301 e. The molecule has 0 fully saturated rings. The number of hydrogen-bond acceptors (Lipinski definition) is 6. The number of benzene rings is 2. The van der Waals surface area contributed by atoms with Crippen LogP contribution in [-0.2, 0) is 4.79 Å². The van der Waals surface area contributed by atoms with Crippen molar-refractivity contribution in [2.75, 3.05) is 5.32 Å². The van der Waals surface area contributed by atoms with E-state index in [1.807, 2.05) is 84.5 Å². The topological polar surface area (TPSA) is 72.7 Å². The van der Waals surface area contributed by atoms with E-state index in [9.17, 15) is 4.79 Å². The summed E-state index contributed by atoms with van der Waals surface area (Å²) in [6.07, 6.45) is 0. The lowest BCUT2D eigenvalue weighted by atomic mass is 10.2. The van der Waals surface area contributed by atoms with Gasteiger partial charge in [-0.05, 0) is 26.0 Å². The van der Waals surface area contributed by atoms with Crippen molar-refractivity contribution in [2.45, 2.75) is 24.3 Å². The third-order valence-corrected chi connectivity index (χ3v) is 6.07. The summed E-state index contributed by atoms with van der Waals surface area (Å²) < 4.78 is 1.95. The number of carbonyl (C=O) groups excluding carboxylic acids is 1. The van der Waals surface area contributed by atoms with Crippen LogP contribution in [0, 0.1) is 6.92 Å². The Bertz CT molecular complexity index is 1110. The molecular formula is C21H19N5OS2. The van der Waals surface area contributed by atoms with Gasteiger partial charge in [0, 0.05) is 16.6 Å². The predicted molar refractivity (Wildman–Crippen MR) is 118 cm³/mol. The minimum atomic E-state index is -0.356. The molecule has 29 heavy (non-hydrogen) atoms. The molecule has 2 aromatic heterocycles. The monoisotopic (exact) mass is 421 g/mol. The second kappa shape index (κ2) is 8.59. The van der Waals surface area contributed by atoms with Gasteiger partial charge in [0.05, 0.1) is 10.9 Å². The van der Waals surface area contributed by atoms with E-state index in [4.69, 9.17) is 0 Å². The van der Waals surface area contributed by atoms with Gasteiger partial charge >= 0.3 is 0 Å². The van der Waals surface area contributed by atoms with Gasteiger partial charge in [0.25, 0.3) is 0 Å². The quantitative estimate of drug-likeness (QED) is 0.452. The van der Waals surface area contributed by atoms with Crippen molar-refractivity contribution in [3.8, 4) is 16.9 Å². The summed E-state index contributed by atoms with van der Waals surface area (Å²) >= 11 is 2.79. The minimum absolute atomic E-state index is 0.121. The van der Waals surface area contributed by atoms with Crippen LogP contribution in [0.3, 0.4) is 0 Å². The number of thioether (sulfide) groups is 1. The first-order valence-corrected chi connectivity index (χ1v) is 10.8. The zero-order valence-electron chi connectivity index (χ0n) is 15.9. The first-order chi connectivity index (χ1) is 14.1. The maximum Gasteiger partial charge on any atom is 0.239 e. The number of carbonyl (C=O) groups is 1. The van der Waals surface area contributed by atoms with Crippen molar-refractivity contribution in [1.29, 1.82) is 0 Å². The maximum atomic E-state index is 12.7. The number of aromatic nitrogens is 4. The molecule has 0 radical (unpaired) electrons. The molecule has 0 aliphatic rings. The molecular weight excluding hydrogens is 402 g/mol. The van der Waals surface area contributed by atoms with Gasteiger partial charge in [-0.3, -0.25) is 9.36 Å².